The van der Waals surface area contributed by atoms with E-state index in [4.69, 9.17) is 43.0 Å². The molecule has 10 heteroatoms. The second-order valence-electron chi connectivity index (χ2n) is 9.42. The largest absolute Gasteiger partial charge is 0.497 e. The van der Waals surface area contributed by atoms with E-state index >= 15 is 0 Å². The van der Waals surface area contributed by atoms with Gasteiger partial charge < -0.3 is 37.9 Å². The van der Waals surface area contributed by atoms with Crippen molar-refractivity contribution in [3.63, 3.8) is 0 Å². The first-order valence-electron chi connectivity index (χ1n) is 12.7. The van der Waals surface area contributed by atoms with E-state index in [1.165, 1.54) is 0 Å². The summed E-state index contributed by atoms with van der Waals surface area (Å²) in [5, 5.41) is 8.79. The number of benzene rings is 2. The quantitative estimate of drug-likeness (QED) is 0.239. The Morgan fingerprint density at radius 2 is 1.79 bits per heavy atom. The zero-order valence-corrected chi connectivity index (χ0v) is 23.0. The fraction of sp³-hybridized carbons (Fsp3) is 0.536. The lowest BCUT2D eigenvalue weighted by molar-refractivity contribution is -0.144. The highest BCUT2D eigenvalue weighted by atomic mass is 16.7. The molecule has 1 unspecified atom stereocenters. The highest BCUT2D eigenvalue weighted by Gasteiger charge is 2.32. The Balaban J connectivity index is 1.73. The van der Waals surface area contributed by atoms with Crippen LogP contribution in [0.3, 0.4) is 0 Å². The Hall–Kier alpha value is -2.89. The van der Waals surface area contributed by atoms with Gasteiger partial charge in [-0.25, -0.2) is 0 Å². The van der Waals surface area contributed by atoms with E-state index in [-0.39, 0.29) is 19.7 Å². The number of rotatable bonds is 14. The molecule has 0 spiro atoms. The lowest BCUT2D eigenvalue weighted by Gasteiger charge is -2.22. The number of aromatic amines is 1. The Labute approximate surface area is 223 Å². The van der Waals surface area contributed by atoms with Crippen LogP contribution in [0.5, 0.6) is 17.2 Å². The molecule has 2 aromatic carbocycles. The van der Waals surface area contributed by atoms with Gasteiger partial charge in [0.15, 0.2) is 19.4 Å². The minimum atomic E-state index is -0.582. The van der Waals surface area contributed by atoms with Gasteiger partial charge in [0.25, 0.3) is 0 Å². The zero-order valence-electron chi connectivity index (χ0n) is 23.0. The van der Waals surface area contributed by atoms with Gasteiger partial charge in [-0.3, -0.25) is 5.10 Å². The van der Waals surface area contributed by atoms with Gasteiger partial charge in [-0.2, -0.15) is 5.10 Å². The highest BCUT2D eigenvalue weighted by molar-refractivity contribution is 5.96. The van der Waals surface area contributed by atoms with Crippen molar-refractivity contribution >= 4 is 10.9 Å². The second kappa shape index (κ2) is 12.8. The molecular weight excluding hydrogens is 492 g/mol. The fourth-order valence-corrected chi connectivity index (χ4v) is 4.69. The van der Waals surface area contributed by atoms with E-state index in [2.05, 4.69) is 12.0 Å². The summed E-state index contributed by atoms with van der Waals surface area (Å²) in [6, 6.07) is 7.72. The van der Waals surface area contributed by atoms with E-state index in [0.717, 1.165) is 45.5 Å². The first-order chi connectivity index (χ1) is 18.4. The third-order valence-electron chi connectivity index (χ3n) is 6.36. The van der Waals surface area contributed by atoms with Gasteiger partial charge >= 0.3 is 0 Å². The smallest absolute Gasteiger partial charge is 0.188 e. The molecule has 1 aromatic heterocycles. The zero-order chi connectivity index (χ0) is 27.1. The number of hydrogen-bond acceptors (Lipinski definition) is 9. The van der Waals surface area contributed by atoms with E-state index < -0.39 is 5.79 Å². The summed E-state index contributed by atoms with van der Waals surface area (Å²) < 4.78 is 45.5. The predicted molar refractivity (Wildman–Crippen MR) is 142 cm³/mol. The number of methoxy groups -OCH3 is 3. The summed E-state index contributed by atoms with van der Waals surface area (Å²) in [6.45, 7) is 7.52. The summed E-state index contributed by atoms with van der Waals surface area (Å²) in [4.78, 5) is 0. The topological polar surface area (TPSA) is 103 Å². The van der Waals surface area contributed by atoms with Crippen molar-refractivity contribution in [3.8, 4) is 28.5 Å². The highest BCUT2D eigenvalue weighted by Crippen LogP contribution is 2.43. The molecule has 1 atom stereocenters. The van der Waals surface area contributed by atoms with Crippen LogP contribution in [0, 0.1) is 0 Å². The molecule has 2 heterocycles. The standard InChI is InChI=1S/C28H38N2O8/c1-7-20-21(10-11-34-14-19-15-37-28(2,3)38-19)26(25(36-17-32-5)13-24(20)35-16-31-4)27-22-9-8-18(33-6)12-23(22)29-30-27/h8-9,12-13,19H,7,10-11,14-17H2,1-6H3,(H,29,30). The van der Waals surface area contributed by atoms with E-state index in [1.54, 1.807) is 21.3 Å². The van der Waals surface area contributed by atoms with Crippen LogP contribution in [0.15, 0.2) is 24.3 Å². The summed E-state index contributed by atoms with van der Waals surface area (Å²) in [7, 11) is 4.82. The van der Waals surface area contributed by atoms with Crippen molar-refractivity contribution in [3.05, 3.63) is 35.4 Å². The fourth-order valence-electron chi connectivity index (χ4n) is 4.69. The molecule has 1 aliphatic rings. The van der Waals surface area contributed by atoms with Crippen molar-refractivity contribution in [2.24, 2.45) is 0 Å². The molecule has 0 radical (unpaired) electrons. The number of aromatic nitrogens is 2. The Morgan fingerprint density at radius 3 is 2.45 bits per heavy atom. The van der Waals surface area contributed by atoms with Crippen LogP contribution in [0.25, 0.3) is 22.2 Å². The van der Waals surface area contributed by atoms with Gasteiger partial charge in [-0.05, 0) is 49.9 Å². The first kappa shape index (κ1) is 28.1. The van der Waals surface area contributed by atoms with Gasteiger partial charge in [-0.1, -0.05) is 6.92 Å². The van der Waals surface area contributed by atoms with Crippen LogP contribution in [0.4, 0.5) is 0 Å². The van der Waals surface area contributed by atoms with Crippen molar-refractivity contribution in [2.75, 3.05) is 54.7 Å². The monoisotopic (exact) mass is 530 g/mol. The molecule has 0 amide bonds. The molecule has 208 valence electrons. The SMILES string of the molecule is CCc1c(OCOC)cc(OCOC)c(-c2n[nH]c3cc(OC)ccc23)c1CCOCC1COC(C)(C)O1. The first-order valence-corrected chi connectivity index (χ1v) is 12.7. The van der Waals surface area contributed by atoms with Gasteiger partial charge in [0, 0.05) is 37.3 Å². The summed E-state index contributed by atoms with van der Waals surface area (Å²) >= 11 is 0. The van der Waals surface area contributed by atoms with Crippen molar-refractivity contribution in [2.45, 2.75) is 45.5 Å². The number of nitrogens with zero attached hydrogens (tertiary/aromatic N) is 1. The molecular formula is C28H38N2O8. The lowest BCUT2D eigenvalue weighted by atomic mass is 9.92. The maximum Gasteiger partial charge on any atom is 0.188 e. The van der Waals surface area contributed by atoms with E-state index in [0.29, 0.717) is 37.7 Å². The van der Waals surface area contributed by atoms with Crippen LogP contribution in [-0.4, -0.2) is 76.8 Å². The van der Waals surface area contributed by atoms with Crippen molar-refractivity contribution in [1.82, 2.24) is 10.2 Å². The lowest BCUT2D eigenvalue weighted by Crippen LogP contribution is -2.24. The maximum atomic E-state index is 6.08. The van der Waals surface area contributed by atoms with Crippen LogP contribution in [0.2, 0.25) is 0 Å². The normalized spacial score (nSPS) is 16.7. The summed E-state index contributed by atoms with van der Waals surface area (Å²) in [5.74, 6) is 1.45. The number of hydrogen-bond donors (Lipinski definition) is 1. The molecule has 3 aromatic rings. The Kier molecular flexibility index (Phi) is 9.45. The molecule has 1 fully saturated rings. The van der Waals surface area contributed by atoms with Gasteiger partial charge in [-0.15, -0.1) is 0 Å². The second-order valence-corrected chi connectivity index (χ2v) is 9.42. The summed E-state index contributed by atoms with van der Waals surface area (Å²) in [6.07, 6.45) is 1.24. The van der Waals surface area contributed by atoms with Crippen LogP contribution in [0.1, 0.15) is 31.9 Å². The van der Waals surface area contributed by atoms with E-state index in [1.807, 2.05) is 38.1 Å². The molecule has 38 heavy (non-hydrogen) atoms. The van der Waals surface area contributed by atoms with Crippen LogP contribution in [-0.2, 0) is 36.5 Å². The predicted octanol–water partition coefficient (Wildman–Crippen LogP) is 4.48. The van der Waals surface area contributed by atoms with Gasteiger partial charge in [0.2, 0.25) is 0 Å². The third kappa shape index (κ3) is 6.39. The molecule has 1 N–H and O–H groups in total. The molecule has 1 saturated heterocycles. The number of fused-ring (bicyclic) bond motifs is 1. The molecule has 4 rings (SSSR count). The Morgan fingerprint density at radius 1 is 1.03 bits per heavy atom. The third-order valence-corrected chi connectivity index (χ3v) is 6.36. The average molecular weight is 531 g/mol. The molecule has 0 saturated carbocycles. The minimum absolute atomic E-state index is 0.0725. The number of ether oxygens (including phenoxy) is 8. The van der Waals surface area contributed by atoms with Gasteiger partial charge in [0.05, 0.1) is 32.4 Å². The molecule has 0 bridgehead atoms. The number of nitrogens with one attached hydrogen (secondary N) is 1. The van der Waals surface area contributed by atoms with Gasteiger partial charge in [0.1, 0.15) is 29.0 Å². The van der Waals surface area contributed by atoms with Crippen molar-refractivity contribution in [1.29, 1.82) is 0 Å². The average Bonchev–Trinajstić information content (AvgIpc) is 3.49. The Bertz CT molecular complexity index is 1210. The minimum Gasteiger partial charge on any atom is -0.497 e. The molecule has 1 aliphatic heterocycles. The van der Waals surface area contributed by atoms with Crippen LogP contribution < -0.4 is 14.2 Å². The summed E-state index contributed by atoms with van der Waals surface area (Å²) in [5.41, 5.74) is 4.56. The van der Waals surface area contributed by atoms with Crippen molar-refractivity contribution < 1.29 is 37.9 Å². The maximum absolute atomic E-state index is 6.08. The molecule has 10 nitrogen and oxygen atoms in total. The molecule has 0 aliphatic carbocycles. The van der Waals surface area contributed by atoms with E-state index in [9.17, 15) is 0 Å². The number of H-pyrrole nitrogens is 1. The van der Waals surface area contributed by atoms with Crippen LogP contribution >= 0.6 is 0 Å².